The summed E-state index contributed by atoms with van der Waals surface area (Å²) < 4.78 is 5.94. The van der Waals surface area contributed by atoms with Crippen molar-refractivity contribution in [3.8, 4) is 0 Å². The van der Waals surface area contributed by atoms with E-state index in [1.165, 1.54) is 12.8 Å². The molecule has 4 heteroatoms. The van der Waals surface area contributed by atoms with Crippen LogP contribution in [0.1, 0.15) is 47.0 Å². The first-order chi connectivity index (χ1) is 8.43. The van der Waals surface area contributed by atoms with Gasteiger partial charge < -0.3 is 15.4 Å². The van der Waals surface area contributed by atoms with Gasteiger partial charge in [0.05, 0.1) is 12.2 Å². The number of rotatable bonds is 4. The largest absolute Gasteiger partial charge is 0.375 e. The van der Waals surface area contributed by atoms with Crippen LogP contribution in [0.5, 0.6) is 0 Å². The molecule has 2 fully saturated rings. The normalized spacial score (nSPS) is 31.1. The van der Waals surface area contributed by atoms with E-state index in [1.807, 2.05) is 7.05 Å². The molecule has 0 spiro atoms. The molecule has 0 radical (unpaired) electrons. The Kier molecular flexibility index (Phi) is 3.85. The molecule has 0 aromatic carbocycles. The van der Waals surface area contributed by atoms with Gasteiger partial charge in [0.15, 0.2) is 5.96 Å². The number of hydrogen-bond donors (Lipinski definition) is 2. The molecule has 0 amide bonds. The summed E-state index contributed by atoms with van der Waals surface area (Å²) >= 11 is 0. The fourth-order valence-electron chi connectivity index (χ4n) is 2.45. The van der Waals surface area contributed by atoms with Gasteiger partial charge in [-0.25, -0.2) is 0 Å². The Labute approximate surface area is 111 Å². The summed E-state index contributed by atoms with van der Waals surface area (Å²) in [4.78, 5) is 4.30. The van der Waals surface area contributed by atoms with Gasteiger partial charge in [-0.05, 0) is 33.1 Å². The van der Waals surface area contributed by atoms with Gasteiger partial charge in [0.2, 0.25) is 0 Å². The van der Waals surface area contributed by atoms with E-state index in [-0.39, 0.29) is 5.41 Å². The number of hydrogen-bond acceptors (Lipinski definition) is 2. The maximum atomic E-state index is 5.94. The van der Waals surface area contributed by atoms with Crippen LogP contribution in [-0.2, 0) is 4.74 Å². The second kappa shape index (κ2) is 5.08. The van der Waals surface area contributed by atoms with Crippen LogP contribution in [0, 0.1) is 5.41 Å². The maximum Gasteiger partial charge on any atom is 0.191 e. The van der Waals surface area contributed by atoms with Crippen molar-refractivity contribution < 1.29 is 4.74 Å². The summed E-state index contributed by atoms with van der Waals surface area (Å²) in [6, 6.07) is 1.09. The Morgan fingerprint density at radius 2 is 1.94 bits per heavy atom. The molecular weight excluding hydrogens is 226 g/mol. The molecule has 0 saturated heterocycles. The highest BCUT2D eigenvalue weighted by atomic mass is 16.5. The lowest BCUT2D eigenvalue weighted by Crippen LogP contribution is -2.64. The van der Waals surface area contributed by atoms with Crippen LogP contribution in [0.15, 0.2) is 4.99 Å². The molecule has 2 rings (SSSR count). The molecule has 0 aliphatic heterocycles. The van der Waals surface area contributed by atoms with E-state index in [9.17, 15) is 0 Å². The lowest BCUT2D eigenvalue weighted by Gasteiger charge is -2.52. The molecule has 2 unspecified atom stereocenters. The van der Waals surface area contributed by atoms with Crippen molar-refractivity contribution in [2.24, 2.45) is 10.4 Å². The van der Waals surface area contributed by atoms with Crippen LogP contribution in [0.2, 0.25) is 0 Å². The van der Waals surface area contributed by atoms with Crippen LogP contribution in [0.4, 0.5) is 0 Å². The third-order valence-corrected chi connectivity index (χ3v) is 4.07. The van der Waals surface area contributed by atoms with Gasteiger partial charge in [-0.1, -0.05) is 13.8 Å². The molecule has 0 heterocycles. The zero-order chi connectivity index (χ0) is 13.3. The molecule has 4 nitrogen and oxygen atoms in total. The maximum absolute atomic E-state index is 5.94. The van der Waals surface area contributed by atoms with E-state index in [2.05, 4.69) is 43.3 Å². The molecule has 2 aliphatic carbocycles. The Hall–Kier alpha value is -0.770. The van der Waals surface area contributed by atoms with E-state index >= 15 is 0 Å². The van der Waals surface area contributed by atoms with E-state index in [1.54, 1.807) is 0 Å². The van der Waals surface area contributed by atoms with E-state index < -0.39 is 0 Å². The monoisotopic (exact) mass is 253 g/mol. The van der Waals surface area contributed by atoms with Crippen molar-refractivity contribution in [1.29, 1.82) is 0 Å². The zero-order valence-electron chi connectivity index (χ0n) is 12.3. The molecule has 0 aromatic heterocycles. The first kappa shape index (κ1) is 13.7. The fraction of sp³-hybridized carbons (Fsp3) is 0.929. The summed E-state index contributed by atoms with van der Waals surface area (Å²) in [6.45, 7) is 8.74. The van der Waals surface area contributed by atoms with Crippen LogP contribution in [-0.4, -0.2) is 37.3 Å². The molecule has 18 heavy (non-hydrogen) atoms. The van der Waals surface area contributed by atoms with E-state index in [0.717, 1.165) is 12.4 Å². The second-order valence-electron chi connectivity index (χ2n) is 6.42. The predicted octanol–water partition coefficient (Wildman–Crippen LogP) is 1.91. The molecular formula is C14H27N3O. The number of guanidine groups is 1. The fourth-order valence-corrected chi connectivity index (χ4v) is 2.45. The molecule has 2 aliphatic rings. The minimum absolute atomic E-state index is 0.172. The minimum atomic E-state index is 0.172. The Bertz CT molecular complexity index is 321. The van der Waals surface area contributed by atoms with Crippen LogP contribution >= 0.6 is 0 Å². The summed E-state index contributed by atoms with van der Waals surface area (Å²) in [7, 11) is 1.84. The van der Waals surface area contributed by atoms with Crippen LogP contribution < -0.4 is 10.6 Å². The van der Waals surface area contributed by atoms with Crippen LogP contribution in [0.25, 0.3) is 0 Å². The average molecular weight is 253 g/mol. The Balaban J connectivity index is 1.83. The average Bonchev–Trinajstić information content (AvgIpc) is 3.09. The van der Waals surface area contributed by atoms with Crippen molar-refractivity contribution >= 4 is 5.96 Å². The third-order valence-electron chi connectivity index (χ3n) is 4.07. The minimum Gasteiger partial charge on any atom is -0.375 e. The van der Waals surface area contributed by atoms with E-state index in [0.29, 0.717) is 24.3 Å². The molecule has 0 aromatic rings. The van der Waals surface area contributed by atoms with Gasteiger partial charge in [-0.3, -0.25) is 4.99 Å². The summed E-state index contributed by atoms with van der Waals surface area (Å²) in [5.74, 6) is 0.943. The standard InChI is InChI=1S/C14H27N3O/c1-9(2)18-12-8-11(14(12,3)4)17-13(15-5)16-10-6-7-10/h9-12H,6-8H2,1-5H3,(H2,15,16,17). The number of ether oxygens (including phenoxy) is 1. The number of aliphatic imine (C=N–C) groups is 1. The first-order valence-electron chi connectivity index (χ1n) is 7.08. The second-order valence-corrected chi connectivity index (χ2v) is 6.42. The van der Waals surface area contributed by atoms with Gasteiger partial charge in [-0.15, -0.1) is 0 Å². The van der Waals surface area contributed by atoms with E-state index in [4.69, 9.17) is 4.74 Å². The van der Waals surface area contributed by atoms with Crippen LogP contribution in [0.3, 0.4) is 0 Å². The predicted molar refractivity (Wildman–Crippen MR) is 74.8 cm³/mol. The van der Waals surface area contributed by atoms with Gasteiger partial charge in [0.1, 0.15) is 0 Å². The highest BCUT2D eigenvalue weighted by Gasteiger charge is 2.49. The zero-order valence-corrected chi connectivity index (χ0v) is 12.3. The first-order valence-corrected chi connectivity index (χ1v) is 7.08. The van der Waals surface area contributed by atoms with Gasteiger partial charge in [-0.2, -0.15) is 0 Å². The molecule has 2 atom stereocenters. The Morgan fingerprint density at radius 3 is 2.39 bits per heavy atom. The number of nitrogens with one attached hydrogen (secondary N) is 2. The number of nitrogens with zero attached hydrogens (tertiary/aromatic N) is 1. The topological polar surface area (TPSA) is 45.7 Å². The smallest absolute Gasteiger partial charge is 0.191 e. The highest BCUT2D eigenvalue weighted by molar-refractivity contribution is 5.80. The van der Waals surface area contributed by atoms with Gasteiger partial charge in [0, 0.05) is 24.5 Å². The van der Waals surface area contributed by atoms with Crippen molar-refractivity contribution in [1.82, 2.24) is 10.6 Å². The lowest BCUT2D eigenvalue weighted by atomic mass is 9.64. The highest BCUT2D eigenvalue weighted by Crippen LogP contribution is 2.43. The molecule has 104 valence electrons. The third kappa shape index (κ3) is 2.97. The summed E-state index contributed by atoms with van der Waals surface area (Å²) in [5, 5.41) is 6.96. The molecule has 2 N–H and O–H groups in total. The van der Waals surface area contributed by atoms with Crippen molar-refractivity contribution in [3.05, 3.63) is 0 Å². The summed E-state index contributed by atoms with van der Waals surface area (Å²) in [6.07, 6.45) is 4.27. The Morgan fingerprint density at radius 1 is 1.28 bits per heavy atom. The lowest BCUT2D eigenvalue weighted by molar-refractivity contribution is -0.134. The molecule has 0 bridgehead atoms. The molecule has 2 saturated carbocycles. The van der Waals surface area contributed by atoms with Crippen molar-refractivity contribution in [2.45, 2.75) is 71.2 Å². The summed E-state index contributed by atoms with van der Waals surface area (Å²) in [5.41, 5.74) is 0.172. The SMILES string of the molecule is CN=C(NC1CC1)NC1CC(OC(C)C)C1(C)C. The van der Waals surface area contributed by atoms with Gasteiger partial charge in [0.25, 0.3) is 0 Å². The van der Waals surface area contributed by atoms with Gasteiger partial charge >= 0.3 is 0 Å². The quantitative estimate of drug-likeness (QED) is 0.594. The van der Waals surface area contributed by atoms with Crippen molar-refractivity contribution in [3.63, 3.8) is 0 Å². The van der Waals surface area contributed by atoms with Crippen molar-refractivity contribution in [2.75, 3.05) is 7.05 Å².